The Morgan fingerprint density at radius 1 is 0.618 bits per heavy atom. The van der Waals surface area contributed by atoms with Crippen molar-refractivity contribution in [2.24, 2.45) is 28.6 Å². The smallest absolute Gasteiger partial charge is 0.462 e. The van der Waals surface area contributed by atoms with Crippen LogP contribution in [0.2, 0.25) is 0 Å². The highest BCUT2D eigenvalue weighted by Gasteiger charge is 2.58. The van der Waals surface area contributed by atoms with Gasteiger partial charge >= 0.3 is 19.8 Å². The zero-order valence-corrected chi connectivity index (χ0v) is 45.2. The van der Waals surface area contributed by atoms with Gasteiger partial charge in [0.25, 0.3) is 0 Å². The molecule has 1 unspecified atom stereocenters. The van der Waals surface area contributed by atoms with E-state index < -0.39 is 32.6 Å². The standard InChI is InChI=1S/C58H103O9P/c1-5-7-9-11-13-15-17-19-21-23-25-27-29-31-33-35-55(60)64-46-50(66-56(61)36-34-32-30-28-26-24-22-20-18-16-14-12-10-8-6-2)47-65-68(62,63)67-49-41-43-57(3)48(45-49)37-38-51-52-39-40-54(59)58(52,4)44-42-53(51)57/h37,49-53H,5-36,38-47H2,1-4H3,(H,62,63)/t49-,50+,51-,52-,53-,57-,58-/m0/s1. The Kier molecular flexibility index (Phi) is 28.9. The first-order valence-electron chi connectivity index (χ1n) is 29.2. The van der Waals surface area contributed by atoms with Crippen LogP contribution in [0.15, 0.2) is 11.6 Å². The van der Waals surface area contributed by atoms with Crippen LogP contribution in [0, 0.1) is 28.6 Å². The molecule has 4 aliphatic rings. The minimum absolute atomic E-state index is 0.00167. The van der Waals surface area contributed by atoms with Crippen molar-refractivity contribution in [2.45, 2.75) is 297 Å². The number of Topliss-reactive ketones (excluding diaryl/α,β-unsaturated/α-hetero) is 1. The average molecular weight is 975 g/mol. The van der Waals surface area contributed by atoms with Gasteiger partial charge in [-0.25, -0.2) is 4.57 Å². The topological polar surface area (TPSA) is 125 Å². The van der Waals surface area contributed by atoms with Crippen molar-refractivity contribution in [3.05, 3.63) is 11.6 Å². The monoisotopic (exact) mass is 975 g/mol. The quantitative estimate of drug-likeness (QED) is 0.0276. The number of allylic oxidation sites excluding steroid dienone is 1. The molecule has 0 spiro atoms. The highest BCUT2D eigenvalue weighted by molar-refractivity contribution is 7.47. The summed E-state index contributed by atoms with van der Waals surface area (Å²) in [6.45, 7) is 8.46. The van der Waals surface area contributed by atoms with Gasteiger partial charge in [0, 0.05) is 24.7 Å². The van der Waals surface area contributed by atoms with Gasteiger partial charge in [0.15, 0.2) is 6.10 Å². The minimum Gasteiger partial charge on any atom is -0.462 e. The number of hydrogen-bond donors (Lipinski definition) is 1. The molecule has 394 valence electrons. The van der Waals surface area contributed by atoms with Crippen molar-refractivity contribution in [3.8, 4) is 0 Å². The average Bonchev–Trinajstić information content (AvgIpc) is 3.63. The van der Waals surface area contributed by atoms with E-state index in [2.05, 4.69) is 33.8 Å². The van der Waals surface area contributed by atoms with E-state index in [1.807, 2.05) is 0 Å². The molecule has 8 atom stereocenters. The minimum atomic E-state index is -4.53. The van der Waals surface area contributed by atoms with Crippen LogP contribution in [0.25, 0.3) is 0 Å². The summed E-state index contributed by atoms with van der Waals surface area (Å²) >= 11 is 0. The number of carbonyl (C=O) groups excluding carboxylic acids is 3. The number of phosphoric acid groups is 1. The van der Waals surface area contributed by atoms with Crippen molar-refractivity contribution < 1.29 is 42.4 Å². The Morgan fingerprint density at radius 3 is 1.56 bits per heavy atom. The highest BCUT2D eigenvalue weighted by atomic mass is 31.2. The summed E-state index contributed by atoms with van der Waals surface area (Å²) in [6, 6.07) is 0. The third-order valence-electron chi connectivity index (χ3n) is 17.2. The Morgan fingerprint density at radius 2 is 1.06 bits per heavy atom. The van der Waals surface area contributed by atoms with Gasteiger partial charge < -0.3 is 14.4 Å². The van der Waals surface area contributed by atoms with Crippen LogP contribution in [0.5, 0.6) is 0 Å². The van der Waals surface area contributed by atoms with E-state index >= 15 is 0 Å². The summed E-state index contributed by atoms with van der Waals surface area (Å²) in [5.41, 5.74) is 1.12. The number of ketones is 1. The number of rotatable bonds is 40. The van der Waals surface area contributed by atoms with E-state index in [9.17, 15) is 23.8 Å². The van der Waals surface area contributed by atoms with Crippen LogP contribution in [0.3, 0.4) is 0 Å². The molecule has 9 nitrogen and oxygen atoms in total. The SMILES string of the molecule is CCCCCCCCCCCCCCCCCC(=O)OC[C@H](COP(=O)(O)O[C@H]1CC[C@@]2(C)C(=CC[C@@H]3[C@@H]2CC[C@]2(C)C(=O)CC[C@@H]32)C1)OC(=O)CCCCCCCCCCCCCCCCC. The molecule has 0 saturated heterocycles. The molecule has 0 aromatic rings. The van der Waals surface area contributed by atoms with Gasteiger partial charge in [-0.05, 0) is 81.0 Å². The Hall–Kier alpha value is -1.54. The zero-order chi connectivity index (χ0) is 48.9. The summed E-state index contributed by atoms with van der Waals surface area (Å²) in [5, 5.41) is 0. The van der Waals surface area contributed by atoms with Crippen LogP contribution in [-0.2, 0) is 37.5 Å². The van der Waals surface area contributed by atoms with Gasteiger partial charge in [-0.2, -0.15) is 0 Å². The van der Waals surface area contributed by atoms with E-state index in [1.165, 1.54) is 160 Å². The van der Waals surface area contributed by atoms with Gasteiger partial charge in [-0.3, -0.25) is 23.4 Å². The fourth-order valence-corrected chi connectivity index (χ4v) is 13.8. The summed E-state index contributed by atoms with van der Waals surface area (Å²) < 4.78 is 36.2. The molecule has 4 aliphatic carbocycles. The first-order valence-corrected chi connectivity index (χ1v) is 30.6. The molecular formula is C58H103O9P. The Labute approximate surface area is 416 Å². The maximum absolute atomic E-state index is 13.5. The second-order valence-corrected chi connectivity index (χ2v) is 24.0. The molecular weight excluding hydrogens is 872 g/mol. The fourth-order valence-electron chi connectivity index (χ4n) is 12.8. The summed E-state index contributed by atoms with van der Waals surface area (Å²) in [7, 11) is -4.53. The summed E-state index contributed by atoms with van der Waals surface area (Å²) in [5.74, 6) is 1.14. The molecule has 68 heavy (non-hydrogen) atoms. The predicted molar refractivity (Wildman–Crippen MR) is 277 cm³/mol. The Balaban J connectivity index is 1.15. The highest BCUT2D eigenvalue weighted by Crippen LogP contribution is 2.64. The normalized spacial score (nSPS) is 25.8. The van der Waals surface area contributed by atoms with E-state index in [1.54, 1.807) is 0 Å². The summed E-state index contributed by atoms with van der Waals surface area (Å²) in [6.07, 6.45) is 45.5. The number of hydrogen-bond acceptors (Lipinski definition) is 8. The maximum Gasteiger partial charge on any atom is 0.472 e. The summed E-state index contributed by atoms with van der Waals surface area (Å²) in [4.78, 5) is 49.8. The van der Waals surface area contributed by atoms with Crippen LogP contribution in [0.4, 0.5) is 0 Å². The van der Waals surface area contributed by atoms with Crippen LogP contribution >= 0.6 is 7.82 Å². The molecule has 0 aromatic carbocycles. The number of ether oxygens (including phenoxy) is 2. The van der Waals surface area contributed by atoms with Crippen LogP contribution in [-0.4, -0.2) is 48.0 Å². The van der Waals surface area contributed by atoms with E-state index in [0.29, 0.717) is 49.2 Å². The van der Waals surface area contributed by atoms with E-state index in [0.717, 1.165) is 64.2 Å². The lowest BCUT2D eigenvalue weighted by Crippen LogP contribution is -2.50. The zero-order valence-electron chi connectivity index (χ0n) is 44.3. The third-order valence-corrected chi connectivity index (χ3v) is 18.2. The lowest BCUT2D eigenvalue weighted by molar-refractivity contribution is -0.161. The van der Waals surface area contributed by atoms with Crippen molar-refractivity contribution in [3.63, 3.8) is 0 Å². The molecule has 1 N–H and O–H groups in total. The molecule has 0 radical (unpaired) electrons. The molecule has 0 aromatic heterocycles. The number of phosphoric ester groups is 1. The van der Waals surface area contributed by atoms with Crippen molar-refractivity contribution in [2.75, 3.05) is 13.2 Å². The van der Waals surface area contributed by atoms with Crippen molar-refractivity contribution >= 4 is 25.5 Å². The fraction of sp³-hybridized carbons (Fsp3) is 0.914. The number of fused-ring (bicyclic) bond motifs is 5. The second kappa shape index (κ2) is 33.2. The number of unbranched alkanes of at least 4 members (excludes halogenated alkanes) is 28. The maximum atomic E-state index is 13.5. The van der Waals surface area contributed by atoms with Crippen molar-refractivity contribution in [1.29, 1.82) is 0 Å². The molecule has 0 amide bonds. The first kappa shape index (κ1) is 59.0. The first-order chi connectivity index (χ1) is 32.9. The van der Waals surface area contributed by atoms with Crippen LogP contribution < -0.4 is 0 Å². The molecule has 3 saturated carbocycles. The molecule has 0 aliphatic heterocycles. The number of esters is 2. The van der Waals surface area contributed by atoms with Gasteiger partial charge in [-0.1, -0.05) is 219 Å². The molecule has 0 bridgehead atoms. The van der Waals surface area contributed by atoms with Gasteiger partial charge in [-0.15, -0.1) is 0 Å². The van der Waals surface area contributed by atoms with Gasteiger partial charge in [0.2, 0.25) is 0 Å². The van der Waals surface area contributed by atoms with E-state index in [-0.39, 0.29) is 36.2 Å². The molecule has 0 heterocycles. The lowest BCUT2D eigenvalue weighted by Gasteiger charge is -2.57. The van der Waals surface area contributed by atoms with Gasteiger partial charge in [0.1, 0.15) is 12.4 Å². The van der Waals surface area contributed by atoms with E-state index in [4.69, 9.17) is 18.5 Å². The second-order valence-electron chi connectivity index (χ2n) is 22.6. The molecule has 3 fully saturated rings. The largest absolute Gasteiger partial charge is 0.472 e. The lowest BCUT2D eigenvalue weighted by atomic mass is 9.48. The molecule has 10 heteroatoms. The third kappa shape index (κ3) is 21.3. The van der Waals surface area contributed by atoms with Crippen molar-refractivity contribution in [1.82, 2.24) is 0 Å². The molecule has 4 rings (SSSR count). The van der Waals surface area contributed by atoms with Gasteiger partial charge in [0.05, 0.1) is 12.7 Å². The predicted octanol–water partition coefficient (Wildman–Crippen LogP) is 17.0. The Bertz CT molecular complexity index is 1500. The van der Waals surface area contributed by atoms with Crippen LogP contribution in [0.1, 0.15) is 285 Å². The number of carbonyl (C=O) groups is 3.